The maximum atomic E-state index is 12.5. The van der Waals surface area contributed by atoms with Crippen LogP contribution in [0.1, 0.15) is 35.7 Å². The molecule has 0 heterocycles. The Morgan fingerprint density at radius 2 is 1.57 bits per heavy atom. The second-order valence-corrected chi connectivity index (χ2v) is 6.25. The Labute approximate surface area is 162 Å². The number of nitrogens with zero attached hydrogens (tertiary/aromatic N) is 1. The summed E-state index contributed by atoms with van der Waals surface area (Å²) in [4.78, 5) is 48.8. The molecule has 0 aliphatic heterocycles. The van der Waals surface area contributed by atoms with E-state index in [2.05, 4.69) is 4.99 Å². The van der Waals surface area contributed by atoms with Gasteiger partial charge in [0.25, 0.3) is 0 Å². The Morgan fingerprint density at radius 3 is 2.11 bits per heavy atom. The number of primary amides is 1. The number of ether oxygens (including phenoxy) is 1. The smallest absolute Gasteiger partial charge is 0.240 e. The van der Waals surface area contributed by atoms with E-state index in [1.807, 2.05) is 0 Å². The third-order valence-electron chi connectivity index (χ3n) is 4.09. The summed E-state index contributed by atoms with van der Waals surface area (Å²) >= 11 is 0. The molecule has 0 saturated carbocycles. The first-order valence-electron chi connectivity index (χ1n) is 8.67. The maximum Gasteiger partial charge on any atom is 0.240 e. The molecule has 0 aliphatic carbocycles. The average Bonchev–Trinajstić information content (AvgIpc) is 2.71. The zero-order valence-corrected chi connectivity index (χ0v) is 15.4. The van der Waals surface area contributed by atoms with Gasteiger partial charge in [0.05, 0.1) is 12.3 Å². The van der Waals surface area contributed by atoms with Gasteiger partial charge in [0, 0.05) is 29.9 Å². The van der Waals surface area contributed by atoms with Crippen molar-refractivity contribution in [3.05, 3.63) is 59.7 Å². The van der Waals surface area contributed by atoms with Gasteiger partial charge in [-0.3, -0.25) is 14.4 Å². The Hall–Kier alpha value is -3.57. The summed E-state index contributed by atoms with van der Waals surface area (Å²) in [6, 6.07) is 12.9. The minimum absolute atomic E-state index is 0.0302. The highest BCUT2D eigenvalue weighted by molar-refractivity contribution is 6.09. The van der Waals surface area contributed by atoms with E-state index in [-0.39, 0.29) is 36.9 Å². The molecule has 0 bridgehead atoms. The second-order valence-electron chi connectivity index (χ2n) is 6.25. The van der Waals surface area contributed by atoms with Crippen LogP contribution in [0.2, 0.25) is 0 Å². The van der Waals surface area contributed by atoms with Gasteiger partial charge in [-0.05, 0) is 48.5 Å². The van der Waals surface area contributed by atoms with Crippen LogP contribution in [0.5, 0.6) is 5.75 Å². The largest absolute Gasteiger partial charge is 0.493 e. The van der Waals surface area contributed by atoms with Crippen LogP contribution in [-0.2, 0) is 14.4 Å². The normalized spacial score (nSPS) is 11.2. The first kappa shape index (κ1) is 20.7. The van der Waals surface area contributed by atoms with Crippen molar-refractivity contribution in [2.24, 2.45) is 16.6 Å². The number of aliphatic imine (C=N–C) groups is 1. The van der Waals surface area contributed by atoms with Crippen LogP contribution in [0.25, 0.3) is 0 Å². The second kappa shape index (κ2) is 9.94. The van der Waals surface area contributed by atoms with Crippen molar-refractivity contribution in [1.82, 2.24) is 0 Å². The number of isocyanates is 1. The third kappa shape index (κ3) is 6.00. The molecule has 0 radical (unpaired) electrons. The number of ketones is 2. The van der Waals surface area contributed by atoms with E-state index in [0.29, 0.717) is 22.6 Å². The fraction of sp³-hybridized carbons (Fsp3) is 0.238. The lowest BCUT2D eigenvalue weighted by atomic mass is 10.0. The van der Waals surface area contributed by atoms with Crippen molar-refractivity contribution in [2.75, 3.05) is 6.61 Å². The number of Topliss-reactive ketones (excluding diaryl/α,β-unsaturated/α-hetero) is 1. The van der Waals surface area contributed by atoms with Crippen LogP contribution in [0, 0.1) is 5.92 Å². The monoisotopic (exact) mass is 380 g/mol. The average molecular weight is 380 g/mol. The number of rotatable bonds is 10. The van der Waals surface area contributed by atoms with E-state index >= 15 is 0 Å². The number of nitrogens with two attached hydrogens (primary N) is 1. The highest BCUT2D eigenvalue weighted by Gasteiger charge is 2.15. The predicted octanol–water partition coefficient (Wildman–Crippen LogP) is 2.73. The first-order valence-corrected chi connectivity index (χ1v) is 8.67. The third-order valence-corrected chi connectivity index (χ3v) is 4.09. The molecule has 0 aliphatic rings. The summed E-state index contributed by atoms with van der Waals surface area (Å²) in [5.41, 5.74) is 6.40. The summed E-state index contributed by atoms with van der Waals surface area (Å²) < 4.78 is 5.58. The molecular weight excluding hydrogens is 360 g/mol. The molecule has 0 saturated heterocycles. The molecule has 1 atom stereocenters. The number of benzene rings is 2. The van der Waals surface area contributed by atoms with Crippen molar-refractivity contribution in [2.45, 2.75) is 19.8 Å². The lowest BCUT2D eigenvalue weighted by Gasteiger charge is -2.12. The SMILES string of the molecule is CC(COc1ccc(C(=O)c2ccc(N=C=O)cc2)cc1)C(=O)CCC(N)=O. The number of amides is 1. The van der Waals surface area contributed by atoms with Gasteiger partial charge in [-0.1, -0.05) is 6.92 Å². The van der Waals surface area contributed by atoms with Gasteiger partial charge < -0.3 is 10.5 Å². The Bertz CT molecular complexity index is 897. The van der Waals surface area contributed by atoms with E-state index in [4.69, 9.17) is 10.5 Å². The van der Waals surface area contributed by atoms with E-state index in [0.717, 1.165) is 0 Å². The van der Waals surface area contributed by atoms with Gasteiger partial charge in [0.15, 0.2) is 5.78 Å². The minimum Gasteiger partial charge on any atom is -0.493 e. The predicted molar refractivity (Wildman–Crippen MR) is 102 cm³/mol. The Balaban J connectivity index is 1.93. The van der Waals surface area contributed by atoms with Gasteiger partial charge >= 0.3 is 0 Å². The molecule has 144 valence electrons. The minimum atomic E-state index is -0.507. The molecule has 7 heteroatoms. The van der Waals surface area contributed by atoms with E-state index in [1.165, 1.54) is 6.08 Å². The highest BCUT2D eigenvalue weighted by Crippen LogP contribution is 2.18. The molecule has 0 fully saturated rings. The lowest BCUT2D eigenvalue weighted by Crippen LogP contribution is -2.21. The highest BCUT2D eigenvalue weighted by atomic mass is 16.5. The zero-order chi connectivity index (χ0) is 20.5. The zero-order valence-electron chi connectivity index (χ0n) is 15.4. The topological polar surface area (TPSA) is 116 Å². The van der Waals surface area contributed by atoms with Crippen LogP contribution < -0.4 is 10.5 Å². The molecule has 1 unspecified atom stereocenters. The Morgan fingerprint density at radius 1 is 1.00 bits per heavy atom. The van der Waals surface area contributed by atoms with Crippen LogP contribution >= 0.6 is 0 Å². The van der Waals surface area contributed by atoms with Crippen molar-refractivity contribution in [3.8, 4) is 5.75 Å². The van der Waals surface area contributed by atoms with Crippen molar-refractivity contribution in [3.63, 3.8) is 0 Å². The fourth-order valence-electron chi connectivity index (χ4n) is 2.42. The number of carbonyl (C=O) groups excluding carboxylic acids is 4. The first-order chi connectivity index (χ1) is 13.4. The number of hydrogen-bond acceptors (Lipinski definition) is 6. The lowest BCUT2D eigenvalue weighted by molar-refractivity contribution is -0.126. The molecular formula is C21H20N2O5. The summed E-state index contributed by atoms with van der Waals surface area (Å²) in [5, 5.41) is 0. The molecule has 28 heavy (non-hydrogen) atoms. The maximum absolute atomic E-state index is 12.5. The van der Waals surface area contributed by atoms with Crippen LogP contribution in [-0.4, -0.2) is 30.2 Å². The van der Waals surface area contributed by atoms with Gasteiger partial charge in [-0.15, -0.1) is 0 Å². The molecule has 7 nitrogen and oxygen atoms in total. The molecule has 2 rings (SSSR count). The van der Waals surface area contributed by atoms with E-state index in [9.17, 15) is 19.2 Å². The van der Waals surface area contributed by atoms with Gasteiger partial charge in [0.2, 0.25) is 12.0 Å². The van der Waals surface area contributed by atoms with Gasteiger partial charge in [0.1, 0.15) is 11.5 Å². The van der Waals surface area contributed by atoms with Crippen molar-refractivity contribution >= 4 is 29.2 Å². The fourth-order valence-corrected chi connectivity index (χ4v) is 2.42. The van der Waals surface area contributed by atoms with Gasteiger partial charge in [-0.2, -0.15) is 4.99 Å². The summed E-state index contributed by atoms with van der Waals surface area (Å²) in [5.74, 6) is -0.612. The van der Waals surface area contributed by atoms with Gasteiger partial charge in [-0.25, -0.2) is 4.79 Å². The van der Waals surface area contributed by atoms with Crippen LogP contribution in [0.3, 0.4) is 0 Å². The molecule has 1 amide bonds. The quantitative estimate of drug-likeness (QED) is 0.386. The molecule has 0 spiro atoms. The van der Waals surface area contributed by atoms with E-state index in [1.54, 1.807) is 55.5 Å². The number of hydrogen-bond donors (Lipinski definition) is 1. The number of carbonyl (C=O) groups is 3. The van der Waals surface area contributed by atoms with Crippen molar-refractivity contribution < 1.29 is 23.9 Å². The summed E-state index contributed by atoms with van der Waals surface area (Å²) in [7, 11) is 0. The van der Waals surface area contributed by atoms with E-state index < -0.39 is 5.91 Å². The van der Waals surface area contributed by atoms with Crippen LogP contribution in [0.4, 0.5) is 5.69 Å². The summed E-state index contributed by atoms with van der Waals surface area (Å²) in [6.07, 6.45) is 1.58. The molecule has 0 aromatic heterocycles. The molecule has 2 aromatic rings. The van der Waals surface area contributed by atoms with Crippen LogP contribution in [0.15, 0.2) is 53.5 Å². The molecule has 2 aromatic carbocycles. The van der Waals surface area contributed by atoms with Crippen molar-refractivity contribution in [1.29, 1.82) is 0 Å². The Kier molecular flexibility index (Phi) is 7.37. The molecule has 2 N–H and O–H groups in total. The summed E-state index contributed by atoms with van der Waals surface area (Å²) in [6.45, 7) is 1.89. The standard InChI is InChI=1S/C21H20N2O5/c1-14(19(25)10-11-20(22)26)12-28-18-8-4-16(5-9-18)21(27)15-2-6-17(7-3-15)23-13-24/h2-9,14H,10-12H2,1H3,(H2,22,26).